The summed E-state index contributed by atoms with van der Waals surface area (Å²) >= 11 is 6.11. The summed E-state index contributed by atoms with van der Waals surface area (Å²) in [6.45, 7) is 2.51. The Morgan fingerprint density at radius 2 is 2.07 bits per heavy atom. The SMILES string of the molecule is O=C(Nc1ccccc1Oc1cccnc1)[C@H]1CCCN(Cc2cccc(Cl)c2)C1. The van der Waals surface area contributed by atoms with E-state index in [1.807, 2.05) is 54.6 Å². The maximum absolute atomic E-state index is 13.0. The zero-order chi connectivity index (χ0) is 20.8. The number of aromatic nitrogens is 1. The minimum Gasteiger partial charge on any atom is -0.454 e. The second-order valence-electron chi connectivity index (χ2n) is 7.48. The van der Waals surface area contributed by atoms with Crippen LogP contribution >= 0.6 is 11.6 Å². The molecular formula is C24H24ClN3O2. The molecule has 1 atom stereocenters. The van der Waals surface area contributed by atoms with Gasteiger partial charge in [0.2, 0.25) is 5.91 Å². The number of nitrogens with zero attached hydrogens (tertiary/aromatic N) is 2. The third kappa shape index (κ3) is 5.38. The summed E-state index contributed by atoms with van der Waals surface area (Å²) in [5, 5.41) is 3.80. The van der Waals surface area contributed by atoms with E-state index in [0.717, 1.165) is 37.5 Å². The van der Waals surface area contributed by atoms with Gasteiger partial charge in [-0.25, -0.2) is 0 Å². The van der Waals surface area contributed by atoms with E-state index in [0.29, 0.717) is 17.2 Å². The fourth-order valence-electron chi connectivity index (χ4n) is 3.73. The van der Waals surface area contributed by atoms with Crippen LogP contribution in [0.4, 0.5) is 5.69 Å². The van der Waals surface area contributed by atoms with Crippen LogP contribution in [0, 0.1) is 5.92 Å². The predicted molar refractivity (Wildman–Crippen MR) is 119 cm³/mol. The molecule has 5 nitrogen and oxygen atoms in total. The molecule has 0 radical (unpaired) electrons. The molecule has 154 valence electrons. The summed E-state index contributed by atoms with van der Waals surface area (Å²) in [6.07, 6.45) is 5.21. The molecule has 0 aliphatic carbocycles. The van der Waals surface area contributed by atoms with Crippen LogP contribution in [0.15, 0.2) is 73.1 Å². The van der Waals surface area contributed by atoms with Crippen molar-refractivity contribution in [2.24, 2.45) is 5.92 Å². The van der Waals surface area contributed by atoms with Crippen molar-refractivity contribution >= 4 is 23.2 Å². The van der Waals surface area contributed by atoms with Crippen molar-refractivity contribution < 1.29 is 9.53 Å². The molecule has 2 aromatic carbocycles. The minimum absolute atomic E-state index is 0.0213. The molecule has 1 aliphatic rings. The molecule has 30 heavy (non-hydrogen) atoms. The second-order valence-corrected chi connectivity index (χ2v) is 7.92. The fraction of sp³-hybridized carbons (Fsp3) is 0.250. The summed E-state index contributed by atoms with van der Waals surface area (Å²) < 4.78 is 5.91. The van der Waals surface area contributed by atoms with Crippen LogP contribution in [0.25, 0.3) is 0 Å². The molecule has 1 aliphatic heterocycles. The number of halogens is 1. The van der Waals surface area contributed by atoms with Gasteiger partial charge in [-0.05, 0) is 61.3 Å². The Balaban J connectivity index is 1.40. The Morgan fingerprint density at radius 1 is 1.17 bits per heavy atom. The number of pyridine rings is 1. The van der Waals surface area contributed by atoms with Crippen LogP contribution in [-0.4, -0.2) is 28.9 Å². The number of carbonyl (C=O) groups excluding carboxylic acids is 1. The van der Waals surface area contributed by atoms with E-state index in [4.69, 9.17) is 16.3 Å². The van der Waals surface area contributed by atoms with Gasteiger partial charge in [0.25, 0.3) is 0 Å². The molecule has 4 rings (SSSR count). The molecule has 1 N–H and O–H groups in total. The first kappa shape index (κ1) is 20.4. The predicted octanol–water partition coefficient (Wildman–Crippen LogP) is 5.38. The molecule has 6 heteroatoms. The van der Waals surface area contributed by atoms with Gasteiger partial charge in [0.05, 0.1) is 17.8 Å². The molecule has 1 fully saturated rings. The lowest BCUT2D eigenvalue weighted by Gasteiger charge is -2.32. The smallest absolute Gasteiger partial charge is 0.228 e. The van der Waals surface area contributed by atoms with Gasteiger partial charge < -0.3 is 10.1 Å². The van der Waals surface area contributed by atoms with E-state index in [9.17, 15) is 4.79 Å². The highest BCUT2D eigenvalue weighted by Crippen LogP contribution is 2.30. The van der Waals surface area contributed by atoms with Crippen molar-refractivity contribution in [3.63, 3.8) is 0 Å². The second kappa shape index (κ2) is 9.74. The van der Waals surface area contributed by atoms with Crippen molar-refractivity contribution in [1.29, 1.82) is 0 Å². The van der Waals surface area contributed by atoms with E-state index in [2.05, 4.69) is 21.3 Å². The summed E-state index contributed by atoms with van der Waals surface area (Å²) in [5.74, 6) is 1.19. The first-order valence-electron chi connectivity index (χ1n) is 10.1. The standard InChI is InChI=1S/C24H24ClN3O2/c25-20-8-3-6-18(14-20)16-28-13-5-7-19(17-28)24(29)27-22-10-1-2-11-23(22)30-21-9-4-12-26-15-21/h1-4,6,8-12,14-15,19H,5,7,13,16-17H2,(H,27,29)/t19-/m0/s1. The largest absolute Gasteiger partial charge is 0.454 e. The van der Waals surface area contributed by atoms with Crippen LogP contribution in [0.3, 0.4) is 0 Å². The van der Waals surface area contributed by atoms with Crippen LogP contribution in [0.5, 0.6) is 11.5 Å². The van der Waals surface area contributed by atoms with Crippen molar-refractivity contribution in [1.82, 2.24) is 9.88 Å². The van der Waals surface area contributed by atoms with Gasteiger partial charge in [-0.2, -0.15) is 0 Å². The monoisotopic (exact) mass is 421 g/mol. The van der Waals surface area contributed by atoms with Crippen LogP contribution in [0.1, 0.15) is 18.4 Å². The maximum atomic E-state index is 13.0. The highest BCUT2D eigenvalue weighted by molar-refractivity contribution is 6.30. The molecule has 1 saturated heterocycles. The average Bonchev–Trinajstić information content (AvgIpc) is 2.76. The summed E-state index contributed by atoms with van der Waals surface area (Å²) in [7, 11) is 0. The highest BCUT2D eigenvalue weighted by atomic mass is 35.5. The number of carbonyl (C=O) groups is 1. The van der Waals surface area contributed by atoms with Gasteiger partial charge in [-0.3, -0.25) is 14.7 Å². The van der Waals surface area contributed by atoms with Crippen molar-refractivity contribution in [3.8, 4) is 11.5 Å². The van der Waals surface area contributed by atoms with Crippen LogP contribution in [0.2, 0.25) is 5.02 Å². The Morgan fingerprint density at radius 3 is 2.90 bits per heavy atom. The number of nitrogens with one attached hydrogen (secondary N) is 1. The summed E-state index contributed by atoms with van der Waals surface area (Å²) in [6, 6.07) is 19.0. The third-order valence-corrected chi connectivity index (χ3v) is 5.41. The molecule has 0 saturated carbocycles. The molecule has 0 spiro atoms. The van der Waals surface area contributed by atoms with Gasteiger partial charge in [-0.15, -0.1) is 0 Å². The Bertz CT molecular complexity index is 997. The van der Waals surface area contributed by atoms with Crippen molar-refractivity contribution in [2.45, 2.75) is 19.4 Å². The third-order valence-electron chi connectivity index (χ3n) is 5.18. The quantitative estimate of drug-likeness (QED) is 0.580. The number of likely N-dealkylation sites (tertiary alicyclic amines) is 1. The van der Waals surface area contributed by atoms with E-state index < -0.39 is 0 Å². The van der Waals surface area contributed by atoms with Gasteiger partial charge in [0.1, 0.15) is 5.75 Å². The molecular weight excluding hydrogens is 398 g/mol. The lowest BCUT2D eigenvalue weighted by atomic mass is 9.96. The Kier molecular flexibility index (Phi) is 6.62. The van der Waals surface area contributed by atoms with E-state index >= 15 is 0 Å². The number of para-hydroxylation sites is 2. The van der Waals surface area contributed by atoms with E-state index in [1.165, 1.54) is 5.56 Å². The number of piperidine rings is 1. The molecule has 3 aromatic rings. The number of amides is 1. The summed E-state index contributed by atoms with van der Waals surface area (Å²) in [5.41, 5.74) is 1.83. The topological polar surface area (TPSA) is 54.5 Å². The number of hydrogen-bond acceptors (Lipinski definition) is 4. The first-order valence-corrected chi connectivity index (χ1v) is 10.5. The number of hydrogen-bond donors (Lipinski definition) is 1. The number of benzene rings is 2. The molecule has 0 unspecified atom stereocenters. The van der Waals surface area contributed by atoms with Crippen molar-refractivity contribution in [2.75, 3.05) is 18.4 Å². The number of anilines is 1. The van der Waals surface area contributed by atoms with Gasteiger partial charge >= 0.3 is 0 Å². The average molecular weight is 422 g/mol. The fourth-order valence-corrected chi connectivity index (χ4v) is 3.95. The number of ether oxygens (including phenoxy) is 1. The number of rotatable bonds is 6. The Hall–Kier alpha value is -2.89. The van der Waals surface area contributed by atoms with Crippen molar-refractivity contribution in [3.05, 3.63) is 83.6 Å². The zero-order valence-corrected chi connectivity index (χ0v) is 17.4. The van der Waals surface area contributed by atoms with E-state index in [1.54, 1.807) is 12.4 Å². The zero-order valence-electron chi connectivity index (χ0n) is 16.6. The highest BCUT2D eigenvalue weighted by Gasteiger charge is 2.26. The lowest BCUT2D eigenvalue weighted by Crippen LogP contribution is -2.40. The van der Waals surface area contributed by atoms with Gasteiger partial charge in [0.15, 0.2) is 5.75 Å². The van der Waals surface area contributed by atoms with E-state index in [-0.39, 0.29) is 11.8 Å². The normalized spacial score (nSPS) is 16.8. The Labute approximate surface area is 181 Å². The molecule has 1 aromatic heterocycles. The van der Waals surface area contributed by atoms with Crippen LogP contribution < -0.4 is 10.1 Å². The minimum atomic E-state index is -0.0654. The van der Waals surface area contributed by atoms with Gasteiger partial charge in [-0.1, -0.05) is 35.9 Å². The maximum Gasteiger partial charge on any atom is 0.228 e. The lowest BCUT2D eigenvalue weighted by molar-refractivity contribution is -0.121. The van der Waals surface area contributed by atoms with Gasteiger partial charge in [0, 0.05) is 24.3 Å². The first-order chi connectivity index (χ1) is 14.7. The molecule has 0 bridgehead atoms. The van der Waals surface area contributed by atoms with Crippen LogP contribution in [-0.2, 0) is 11.3 Å². The molecule has 1 amide bonds. The summed E-state index contributed by atoms with van der Waals surface area (Å²) in [4.78, 5) is 19.4. The molecule has 2 heterocycles.